The maximum absolute atomic E-state index is 8.95. The summed E-state index contributed by atoms with van der Waals surface area (Å²) in [6.45, 7) is 5.99. The number of rotatable bonds is 3. The van der Waals surface area contributed by atoms with Crippen LogP contribution in [-0.2, 0) is 0 Å². The van der Waals surface area contributed by atoms with Crippen molar-refractivity contribution in [2.45, 2.75) is 26.8 Å². The predicted octanol–water partition coefficient (Wildman–Crippen LogP) is 3.14. The summed E-state index contributed by atoms with van der Waals surface area (Å²) in [5.41, 5.74) is 4.54. The van der Waals surface area contributed by atoms with Crippen LogP contribution < -0.4 is 5.32 Å². The molecule has 0 saturated heterocycles. The number of benzene rings is 1. The molecule has 0 aliphatic heterocycles. The van der Waals surface area contributed by atoms with Gasteiger partial charge in [0, 0.05) is 18.1 Å². The molecular weight excluding hydrogens is 236 g/mol. The molecule has 0 saturated carbocycles. The molecule has 1 N–H and O–H groups in total. The van der Waals surface area contributed by atoms with Gasteiger partial charge in [-0.3, -0.25) is 9.97 Å². The number of hydrogen-bond acceptors (Lipinski definition) is 4. The van der Waals surface area contributed by atoms with Crippen molar-refractivity contribution in [1.29, 1.82) is 5.26 Å². The average Bonchev–Trinajstić information content (AvgIpc) is 2.41. The Bertz CT molecular complexity index is 628. The Morgan fingerprint density at radius 1 is 1.21 bits per heavy atom. The second kappa shape index (κ2) is 5.49. The fraction of sp³-hybridized carbons (Fsp3) is 0.267. The molecule has 0 amide bonds. The normalized spacial score (nSPS) is 11.7. The summed E-state index contributed by atoms with van der Waals surface area (Å²) in [6.07, 6.45) is 3.38. The zero-order chi connectivity index (χ0) is 13.8. The van der Waals surface area contributed by atoms with Crippen molar-refractivity contribution in [3.63, 3.8) is 0 Å². The summed E-state index contributed by atoms with van der Waals surface area (Å²) in [5, 5.41) is 12.3. The predicted molar refractivity (Wildman–Crippen MR) is 74.7 cm³/mol. The Morgan fingerprint density at radius 3 is 2.63 bits per heavy atom. The van der Waals surface area contributed by atoms with Crippen LogP contribution in [0.25, 0.3) is 0 Å². The summed E-state index contributed by atoms with van der Waals surface area (Å²) in [5.74, 6) is 0. The van der Waals surface area contributed by atoms with Crippen molar-refractivity contribution in [2.24, 2.45) is 0 Å². The van der Waals surface area contributed by atoms with Gasteiger partial charge >= 0.3 is 0 Å². The van der Waals surface area contributed by atoms with E-state index in [-0.39, 0.29) is 6.04 Å². The van der Waals surface area contributed by atoms with Crippen LogP contribution in [0.4, 0.5) is 5.69 Å². The Labute approximate surface area is 113 Å². The summed E-state index contributed by atoms with van der Waals surface area (Å²) in [6, 6.07) is 7.81. The van der Waals surface area contributed by atoms with Crippen molar-refractivity contribution in [3.8, 4) is 6.07 Å². The molecule has 0 aliphatic carbocycles. The van der Waals surface area contributed by atoms with Gasteiger partial charge in [0.25, 0.3) is 0 Å². The van der Waals surface area contributed by atoms with Gasteiger partial charge in [0.05, 0.1) is 29.1 Å². The van der Waals surface area contributed by atoms with E-state index in [0.29, 0.717) is 5.56 Å². The first-order valence-electron chi connectivity index (χ1n) is 6.16. The number of hydrogen-bond donors (Lipinski definition) is 1. The first kappa shape index (κ1) is 13.0. The van der Waals surface area contributed by atoms with Crippen LogP contribution in [0, 0.1) is 25.2 Å². The molecule has 0 aliphatic rings. The zero-order valence-electron chi connectivity index (χ0n) is 11.3. The minimum atomic E-state index is 0.0429. The zero-order valence-corrected chi connectivity index (χ0v) is 11.3. The number of nitrogens with one attached hydrogen (secondary N) is 1. The topological polar surface area (TPSA) is 61.6 Å². The number of nitriles is 1. The van der Waals surface area contributed by atoms with Crippen LogP contribution in [0.3, 0.4) is 0 Å². The number of anilines is 1. The lowest BCUT2D eigenvalue weighted by atomic mass is 10.1. The van der Waals surface area contributed by atoms with E-state index in [1.54, 1.807) is 12.4 Å². The van der Waals surface area contributed by atoms with Crippen LogP contribution in [0.5, 0.6) is 0 Å². The maximum Gasteiger partial charge on any atom is 0.0992 e. The van der Waals surface area contributed by atoms with E-state index in [9.17, 15) is 0 Å². The molecule has 0 fully saturated rings. The third-order valence-corrected chi connectivity index (χ3v) is 3.07. The highest BCUT2D eigenvalue weighted by Crippen LogP contribution is 2.23. The summed E-state index contributed by atoms with van der Waals surface area (Å²) in [7, 11) is 0. The lowest BCUT2D eigenvalue weighted by molar-refractivity contribution is 0.809. The number of aryl methyl sites for hydroxylation is 2. The first-order valence-corrected chi connectivity index (χ1v) is 6.16. The first-order chi connectivity index (χ1) is 9.11. The van der Waals surface area contributed by atoms with E-state index in [1.807, 2.05) is 39.0 Å². The molecule has 2 rings (SSSR count). The molecule has 1 atom stereocenters. The Kier molecular flexibility index (Phi) is 3.76. The number of nitrogens with zero attached hydrogens (tertiary/aromatic N) is 3. The van der Waals surface area contributed by atoms with E-state index < -0.39 is 0 Å². The average molecular weight is 252 g/mol. The quantitative estimate of drug-likeness (QED) is 0.911. The summed E-state index contributed by atoms with van der Waals surface area (Å²) < 4.78 is 0. The lowest BCUT2D eigenvalue weighted by Gasteiger charge is -2.17. The Hall–Kier alpha value is -2.41. The molecule has 19 heavy (non-hydrogen) atoms. The highest BCUT2D eigenvalue weighted by molar-refractivity contribution is 5.56. The second-order valence-corrected chi connectivity index (χ2v) is 4.53. The minimum Gasteiger partial charge on any atom is -0.377 e. The van der Waals surface area contributed by atoms with Gasteiger partial charge in [0.2, 0.25) is 0 Å². The van der Waals surface area contributed by atoms with Crippen LogP contribution in [0.15, 0.2) is 30.6 Å². The van der Waals surface area contributed by atoms with Crippen molar-refractivity contribution in [1.82, 2.24) is 9.97 Å². The second-order valence-electron chi connectivity index (χ2n) is 4.53. The van der Waals surface area contributed by atoms with Gasteiger partial charge in [-0.15, -0.1) is 0 Å². The molecule has 1 aromatic heterocycles. The maximum atomic E-state index is 8.95. The van der Waals surface area contributed by atoms with Crippen molar-refractivity contribution in [3.05, 3.63) is 53.1 Å². The van der Waals surface area contributed by atoms with E-state index in [4.69, 9.17) is 5.26 Å². The molecule has 0 radical (unpaired) electrons. The number of aromatic nitrogens is 2. The molecule has 96 valence electrons. The van der Waals surface area contributed by atoms with Gasteiger partial charge in [-0.1, -0.05) is 6.07 Å². The van der Waals surface area contributed by atoms with Gasteiger partial charge in [-0.05, 0) is 38.5 Å². The fourth-order valence-electron chi connectivity index (χ4n) is 1.99. The lowest BCUT2D eigenvalue weighted by Crippen LogP contribution is -2.11. The molecule has 4 nitrogen and oxygen atoms in total. The molecule has 0 spiro atoms. The molecule has 4 heteroatoms. The third kappa shape index (κ3) is 2.89. The standard InChI is InChI=1S/C15H16N4/c1-10-4-5-13(9-16)8-14(10)19-12(3)15-11(2)17-6-7-18-15/h4-8,12,19H,1-3H3. The molecule has 1 aromatic carbocycles. The van der Waals surface area contributed by atoms with Gasteiger partial charge in [0.15, 0.2) is 0 Å². The van der Waals surface area contributed by atoms with Crippen molar-refractivity contribution >= 4 is 5.69 Å². The van der Waals surface area contributed by atoms with Gasteiger partial charge in [-0.25, -0.2) is 0 Å². The Morgan fingerprint density at radius 2 is 1.95 bits per heavy atom. The van der Waals surface area contributed by atoms with E-state index >= 15 is 0 Å². The SMILES string of the molecule is Cc1ccc(C#N)cc1NC(C)c1nccnc1C. The van der Waals surface area contributed by atoms with E-state index in [1.165, 1.54) is 0 Å². The highest BCUT2D eigenvalue weighted by Gasteiger charge is 2.11. The molecule has 1 heterocycles. The third-order valence-electron chi connectivity index (χ3n) is 3.07. The van der Waals surface area contributed by atoms with Crippen LogP contribution in [0.1, 0.15) is 35.5 Å². The van der Waals surface area contributed by atoms with E-state index in [2.05, 4.69) is 21.4 Å². The monoisotopic (exact) mass is 252 g/mol. The molecule has 0 bridgehead atoms. The van der Waals surface area contributed by atoms with Crippen molar-refractivity contribution < 1.29 is 0 Å². The largest absolute Gasteiger partial charge is 0.377 e. The van der Waals surface area contributed by atoms with E-state index in [0.717, 1.165) is 22.6 Å². The summed E-state index contributed by atoms with van der Waals surface area (Å²) in [4.78, 5) is 8.60. The van der Waals surface area contributed by atoms with Crippen LogP contribution in [-0.4, -0.2) is 9.97 Å². The molecule has 2 aromatic rings. The fourth-order valence-corrected chi connectivity index (χ4v) is 1.99. The van der Waals surface area contributed by atoms with Gasteiger partial charge < -0.3 is 5.32 Å². The highest BCUT2D eigenvalue weighted by atomic mass is 15.0. The Balaban J connectivity index is 2.27. The van der Waals surface area contributed by atoms with Gasteiger partial charge in [-0.2, -0.15) is 5.26 Å². The molecular formula is C15H16N4. The minimum absolute atomic E-state index is 0.0429. The summed E-state index contributed by atoms with van der Waals surface area (Å²) >= 11 is 0. The van der Waals surface area contributed by atoms with Crippen LogP contribution >= 0.6 is 0 Å². The van der Waals surface area contributed by atoms with Crippen LogP contribution in [0.2, 0.25) is 0 Å². The smallest absolute Gasteiger partial charge is 0.0992 e. The molecule has 1 unspecified atom stereocenters. The van der Waals surface area contributed by atoms with Gasteiger partial charge in [0.1, 0.15) is 0 Å². The van der Waals surface area contributed by atoms with Crippen molar-refractivity contribution in [2.75, 3.05) is 5.32 Å².